The Labute approximate surface area is 152 Å². The van der Waals surface area contributed by atoms with Gasteiger partial charge in [0.2, 0.25) is 0 Å². The van der Waals surface area contributed by atoms with Gasteiger partial charge in [-0.2, -0.15) is 0 Å². The maximum absolute atomic E-state index is 14.6. The highest BCUT2D eigenvalue weighted by atomic mass is 19.1. The van der Waals surface area contributed by atoms with Gasteiger partial charge in [0.1, 0.15) is 17.7 Å². The number of rotatable bonds is 3. The van der Waals surface area contributed by atoms with Crippen LogP contribution < -0.4 is 10.2 Å². The number of carbonyl (C=O) groups is 1. The predicted octanol–water partition coefficient (Wildman–Crippen LogP) is 1.95. The zero-order valence-corrected chi connectivity index (χ0v) is 15.0. The van der Waals surface area contributed by atoms with Crippen LogP contribution >= 0.6 is 0 Å². The molecule has 26 heavy (non-hydrogen) atoms. The van der Waals surface area contributed by atoms with Gasteiger partial charge in [-0.25, -0.2) is 9.37 Å². The summed E-state index contributed by atoms with van der Waals surface area (Å²) >= 11 is 0. The van der Waals surface area contributed by atoms with Crippen molar-refractivity contribution in [2.45, 2.75) is 18.9 Å². The predicted molar refractivity (Wildman–Crippen MR) is 97.7 cm³/mol. The molecule has 1 aromatic carbocycles. The van der Waals surface area contributed by atoms with E-state index in [1.165, 1.54) is 6.07 Å². The Morgan fingerprint density at radius 3 is 2.77 bits per heavy atom. The van der Waals surface area contributed by atoms with Crippen molar-refractivity contribution >= 4 is 11.6 Å². The molecule has 0 aliphatic carbocycles. The number of hydrogen-bond acceptors (Lipinski definition) is 4. The van der Waals surface area contributed by atoms with Gasteiger partial charge in [-0.1, -0.05) is 0 Å². The van der Waals surface area contributed by atoms with Gasteiger partial charge in [0.05, 0.1) is 5.69 Å². The van der Waals surface area contributed by atoms with Crippen molar-refractivity contribution in [2.24, 2.45) is 7.05 Å². The topological polar surface area (TPSA) is 53.4 Å². The lowest BCUT2D eigenvalue weighted by atomic mass is 10.1. The summed E-state index contributed by atoms with van der Waals surface area (Å²) in [5.74, 6) is 0.368. The smallest absolute Gasteiger partial charge is 0.254 e. The molecule has 4 rings (SSSR count). The first-order chi connectivity index (χ1) is 12.6. The summed E-state index contributed by atoms with van der Waals surface area (Å²) in [6.07, 6.45) is 5.78. The van der Waals surface area contributed by atoms with E-state index in [9.17, 15) is 9.18 Å². The first-order valence-electron chi connectivity index (χ1n) is 9.18. The molecule has 0 bridgehead atoms. The number of aromatic nitrogens is 2. The Hall–Kier alpha value is -2.41. The molecule has 138 valence electrons. The van der Waals surface area contributed by atoms with Crippen molar-refractivity contribution in [1.29, 1.82) is 0 Å². The van der Waals surface area contributed by atoms with Crippen molar-refractivity contribution in [3.05, 3.63) is 47.8 Å². The summed E-state index contributed by atoms with van der Waals surface area (Å²) in [5, 5.41) is 3.32. The van der Waals surface area contributed by atoms with Crippen LogP contribution in [-0.2, 0) is 7.05 Å². The van der Waals surface area contributed by atoms with E-state index in [1.54, 1.807) is 23.2 Å². The van der Waals surface area contributed by atoms with Crippen molar-refractivity contribution in [1.82, 2.24) is 19.8 Å². The normalized spacial score (nSPS) is 20.6. The van der Waals surface area contributed by atoms with E-state index in [0.717, 1.165) is 38.3 Å². The third-order valence-electron chi connectivity index (χ3n) is 5.30. The van der Waals surface area contributed by atoms with Crippen molar-refractivity contribution in [3.63, 3.8) is 0 Å². The highest BCUT2D eigenvalue weighted by Gasteiger charge is 2.31. The number of amides is 1. The molecular weight excluding hydrogens is 333 g/mol. The molecular formula is C19H24FN5O. The van der Waals surface area contributed by atoms with Gasteiger partial charge in [0, 0.05) is 57.7 Å². The maximum atomic E-state index is 14.6. The zero-order valence-electron chi connectivity index (χ0n) is 15.0. The maximum Gasteiger partial charge on any atom is 0.254 e. The van der Waals surface area contributed by atoms with Gasteiger partial charge in [0.15, 0.2) is 0 Å². The van der Waals surface area contributed by atoms with E-state index in [-0.39, 0.29) is 17.8 Å². The number of imidazole rings is 1. The molecule has 0 radical (unpaired) electrons. The molecule has 6 nitrogen and oxygen atoms in total. The van der Waals surface area contributed by atoms with Crippen LogP contribution in [0, 0.1) is 5.82 Å². The van der Waals surface area contributed by atoms with E-state index in [0.29, 0.717) is 24.3 Å². The zero-order chi connectivity index (χ0) is 18.1. The minimum Gasteiger partial charge on any atom is -0.369 e. The van der Waals surface area contributed by atoms with Crippen LogP contribution in [0.4, 0.5) is 10.1 Å². The Morgan fingerprint density at radius 2 is 2.08 bits per heavy atom. The molecule has 2 aliphatic heterocycles. The second-order valence-corrected chi connectivity index (χ2v) is 6.98. The van der Waals surface area contributed by atoms with Crippen molar-refractivity contribution in [2.75, 3.05) is 37.6 Å². The number of piperazine rings is 1. The molecule has 0 saturated carbocycles. The molecule has 7 heteroatoms. The Balaban J connectivity index is 1.59. The molecule has 1 N–H and O–H groups in total. The Kier molecular flexibility index (Phi) is 4.63. The molecule has 2 fully saturated rings. The third kappa shape index (κ3) is 3.07. The Bertz CT molecular complexity index is 799. The fourth-order valence-corrected chi connectivity index (χ4v) is 3.90. The standard InChI is InChI=1S/C19H24FN5O/c1-23-10-7-22-18(23)17-13-21-6-11-25(17)19(26)14-4-5-16(15(20)12-14)24-8-2-3-9-24/h4-5,7,10,12,17,21H,2-3,6,8-9,11,13H2,1H3. The van der Waals surface area contributed by atoms with E-state index in [4.69, 9.17) is 0 Å². The minimum atomic E-state index is -0.318. The SMILES string of the molecule is Cn1ccnc1C1CNCCN1C(=O)c1ccc(N2CCCC2)c(F)c1. The molecule has 2 aromatic rings. The highest BCUT2D eigenvalue weighted by molar-refractivity contribution is 5.95. The van der Waals surface area contributed by atoms with E-state index >= 15 is 0 Å². The van der Waals surface area contributed by atoms with Crippen molar-refractivity contribution < 1.29 is 9.18 Å². The third-order valence-corrected chi connectivity index (χ3v) is 5.30. The van der Waals surface area contributed by atoms with Gasteiger partial charge >= 0.3 is 0 Å². The summed E-state index contributed by atoms with van der Waals surface area (Å²) < 4.78 is 16.5. The fraction of sp³-hybridized carbons (Fsp3) is 0.474. The molecule has 0 spiro atoms. The molecule has 1 aromatic heterocycles. The van der Waals surface area contributed by atoms with Crippen LogP contribution in [0.5, 0.6) is 0 Å². The van der Waals surface area contributed by atoms with Crippen LogP contribution in [0.3, 0.4) is 0 Å². The van der Waals surface area contributed by atoms with Crippen LogP contribution in [0.1, 0.15) is 35.1 Å². The fourth-order valence-electron chi connectivity index (χ4n) is 3.90. The van der Waals surface area contributed by atoms with E-state index in [1.807, 2.05) is 22.7 Å². The summed E-state index contributed by atoms with van der Waals surface area (Å²) in [7, 11) is 1.92. The molecule has 1 atom stereocenters. The quantitative estimate of drug-likeness (QED) is 0.912. The minimum absolute atomic E-state index is 0.147. The van der Waals surface area contributed by atoms with Crippen LogP contribution in [0.25, 0.3) is 0 Å². The molecule has 3 heterocycles. The molecule has 2 saturated heterocycles. The van der Waals surface area contributed by atoms with Crippen molar-refractivity contribution in [3.8, 4) is 0 Å². The molecule has 2 aliphatic rings. The number of carbonyl (C=O) groups excluding carboxylic acids is 1. The monoisotopic (exact) mass is 357 g/mol. The number of benzene rings is 1. The second kappa shape index (κ2) is 7.07. The van der Waals surface area contributed by atoms with E-state index < -0.39 is 0 Å². The molecule has 1 amide bonds. The van der Waals surface area contributed by atoms with Gasteiger partial charge in [0.25, 0.3) is 5.91 Å². The number of aryl methyl sites for hydroxylation is 1. The van der Waals surface area contributed by atoms with Crippen LogP contribution in [0.15, 0.2) is 30.6 Å². The number of nitrogens with one attached hydrogen (secondary N) is 1. The average Bonchev–Trinajstić information content (AvgIpc) is 3.33. The lowest BCUT2D eigenvalue weighted by Gasteiger charge is -2.36. The lowest BCUT2D eigenvalue weighted by molar-refractivity contribution is 0.0620. The lowest BCUT2D eigenvalue weighted by Crippen LogP contribution is -2.49. The largest absolute Gasteiger partial charge is 0.369 e. The molecule has 1 unspecified atom stereocenters. The van der Waals surface area contributed by atoms with E-state index in [2.05, 4.69) is 10.3 Å². The number of halogens is 1. The highest BCUT2D eigenvalue weighted by Crippen LogP contribution is 2.27. The number of hydrogen-bond donors (Lipinski definition) is 1. The first kappa shape index (κ1) is 17.0. The van der Waals surface area contributed by atoms with Crippen LogP contribution in [0.2, 0.25) is 0 Å². The van der Waals surface area contributed by atoms with Gasteiger partial charge < -0.3 is 19.7 Å². The van der Waals surface area contributed by atoms with Gasteiger partial charge in [-0.15, -0.1) is 0 Å². The number of nitrogens with zero attached hydrogens (tertiary/aromatic N) is 4. The van der Waals surface area contributed by atoms with Crippen LogP contribution in [-0.4, -0.2) is 53.1 Å². The van der Waals surface area contributed by atoms with Gasteiger partial charge in [-0.05, 0) is 31.0 Å². The summed E-state index contributed by atoms with van der Waals surface area (Å²) in [4.78, 5) is 21.3. The first-order valence-corrected chi connectivity index (χ1v) is 9.18. The Morgan fingerprint density at radius 1 is 1.27 bits per heavy atom. The second-order valence-electron chi connectivity index (χ2n) is 6.98. The summed E-state index contributed by atoms with van der Waals surface area (Å²) in [5.41, 5.74) is 0.992. The summed E-state index contributed by atoms with van der Waals surface area (Å²) in [6, 6.07) is 4.72. The van der Waals surface area contributed by atoms with Gasteiger partial charge in [-0.3, -0.25) is 4.79 Å². The average molecular weight is 357 g/mol. The number of anilines is 1. The summed E-state index contributed by atoms with van der Waals surface area (Å²) in [6.45, 7) is 3.70.